The number of nitrogens with zero attached hydrogens (tertiary/aromatic N) is 3. The van der Waals surface area contributed by atoms with Gasteiger partial charge < -0.3 is 15.1 Å². The summed E-state index contributed by atoms with van der Waals surface area (Å²) < 4.78 is 13.5. The molecule has 1 aromatic heterocycles. The molecule has 174 valence electrons. The van der Waals surface area contributed by atoms with Gasteiger partial charge in [-0.15, -0.1) is 0 Å². The van der Waals surface area contributed by atoms with Crippen molar-refractivity contribution in [3.05, 3.63) is 58.6 Å². The second kappa shape index (κ2) is 8.97. The maximum absolute atomic E-state index is 13.5. The Morgan fingerprint density at radius 2 is 2.06 bits per heavy atom. The van der Waals surface area contributed by atoms with Gasteiger partial charge in [0.1, 0.15) is 11.4 Å². The molecule has 2 aliphatic heterocycles. The van der Waals surface area contributed by atoms with Crippen LogP contribution in [0, 0.1) is 12.7 Å². The van der Waals surface area contributed by atoms with E-state index in [1.165, 1.54) is 6.07 Å². The summed E-state index contributed by atoms with van der Waals surface area (Å²) >= 11 is 5.92. The van der Waals surface area contributed by atoms with Crippen LogP contribution >= 0.6 is 11.6 Å². The van der Waals surface area contributed by atoms with Gasteiger partial charge in [-0.05, 0) is 44.5 Å². The molecule has 0 spiro atoms. The zero-order valence-electron chi connectivity index (χ0n) is 18.4. The molecule has 0 radical (unpaired) electrons. The van der Waals surface area contributed by atoms with Crippen LogP contribution in [0.3, 0.4) is 0 Å². The van der Waals surface area contributed by atoms with Crippen molar-refractivity contribution in [1.29, 1.82) is 0 Å². The van der Waals surface area contributed by atoms with Gasteiger partial charge in [0.25, 0.3) is 5.91 Å². The molecule has 1 aromatic carbocycles. The van der Waals surface area contributed by atoms with Crippen molar-refractivity contribution in [1.82, 2.24) is 20.5 Å². The minimum atomic E-state index is -1.33. The van der Waals surface area contributed by atoms with Gasteiger partial charge in [-0.25, -0.2) is 9.18 Å². The van der Waals surface area contributed by atoms with Crippen molar-refractivity contribution in [3.8, 4) is 0 Å². The molecule has 0 saturated carbocycles. The van der Waals surface area contributed by atoms with Crippen LogP contribution in [0.1, 0.15) is 31.0 Å². The molecule has 2 atom stereocenters. The smallest absolute Gasteiger partial charge is 0.322 e. The monoisotopic (exact) mass is 473 g/mol. The molecule has 3 heterocycles. The van der Waals surface area contributed by atoms with E-state index in [-0.39, 0.29) is 29.8 Å². The number of aromatic nitrogens is 1. The van der Waals surface area contributed by atoms with E-state index >= 15 is 0 Å². The summed E-state index contributed by atoms with van der Waals surface area (Å²) in [6, 6.07) is 7.51. The number of halogens is 2. The van der Waals surface area contributed by atoms with Crippen LogP contribution in [-0.4, -0.2) is 53.4 Å². The van der Waals surface area contributed by atoms with Crippen LogP contribution in [0.4, 0.5) is 14.9 Å². The molecule has 4 amide bonds. The van der Waals surface area contributed by atoms with Crippen LogP contribution in [0.2, 0.25) is 5.02 Å². The lowest BCUT2D eigenvalue weighted by atomic mass is 9.86. The summed E-state index contributed by atoms with van der Waals surface area (Å²) in [5.41, 5.74) is 0.794. The Bertz CT molecular complexity index is 1100. The number of carbonyl (C=O) groups is 3. The van der Waals surface area contributed by atoms with Crippen molar-refractivity contribution < 1.29 is 18.8 Å². The number of urea groups is 1. The Kier molecular flexibility index (Phi) is 6.25. The third kappa shape index (κ3) is 4.50. The first kappa shape index (κ1) is 23.0. The van der Waals surface area contributed by atoms with Gasteiger partial charge in [-0.1, -0.05) is 17.7 Å². The maximum atomic E-state index is 13.5. The Morgan fingerprint density at radius 3 is 2.67 bits per heavy atom. The van der Waals surface area contributed by atoms with E-state index in [0.717, 1.165) is 11.4 Å². The molecule has 4 rings (SSSR count). The second-order valence-corrected chi connectivity index (χ2v) is 8.89. The number of anilines is 1. The fraction of sp³-hybridized carbons (Fsp3) is 0.391. The zero-order chi connectivity index (χ0) is 23.8. The van der Waals surface area contributed by atoms with E-state index < -0.39 is 23.3 Å². The normalized spacial score (nSPS) is 22.8. The van der Waals surface area contributed by atoms with Gasteiger partial charge in [0.2, 0.25) is 5.91 Å². The van der Waals surface area contributed by atoms with Gasteiger partial charge in [0, 0.05) is 55.2 Å². The van der Waals surface area contributed by atoms with Crippen LogP contribution in [0.5, 0.6) is 0 Å². The van der Waals surface area contributed by atoms with Crippen LogP contribution in [0.15, 0.2) is 36.5 Å². The van der Waals surface area contributed by atoms with Crippen LogP contribution in [-0.2, 0) is 15.1 Å². The molecule has 8 nitrogen and oxygen atoms in total. The topological polar surface area (TPSA) is 94.6 Å². The summed E-state index contributed by atoms with van der Waals surface area (Å²) in [4.78, 5) is 45.7. The maximum Gasteiger partial charge on any atom is 0.322 e. The van der Waals surface area contributed by atoms with Crippen LogP contribution < -0.4 is 15.5 Å². The minimum absolute atomic E-state index is 0.00558. The number of carbonyl (C=O) groups excluding carboxylic acids is 3. The first-order chi connectivity index (χ1) is 15.7. The molecule has 0 bridgehead atoms. The predicted octanol–water partition coefficient (Wildman–Crippen LogP) is 2.73. The van der Waals surface area contributed by atoms with Crippen LogP contribution in [0.25, 0.3) is 0 Å². The molecule has 2 aliphatic rings. The van der Waals surface area contributed by atoms with Crippen molar-refractivity contribution in [2.75, 3.05) is 24.5 Å². The van der Waals surface area contributed by atoms with Gasteiger partial charge >= 0.3 is 6.03 Å². The quantitative estimate of drug-likeness (QED) is 0.651. The Balaban J connectivity index is 1.43. The predicted molar refractivity (Wildman–Crippen MR) is 121 cm³/mol. The number of piperazine rings is 1. The molecule has 2 N–H and O–H groups in total. The summed E-state index contributed by atoms with van der Waals surface area (Å²) in [6.07, 6.45) is 1.76. The fourth-order valence-corrected chi connectivity index (χ4v) is 4.59. The van der Waals surface area contributed by atoms with E-state index in [0.29, 0.717) is 25.2 Å². The highest BCUT2D eigenvalue weighted by Gasteiger charge is 2.48. The standard InChI is InChI=1S/C23H25ClFN5O3/c1-14-3-4-16(12-26-14)23(21(32)27-22(33)28-23)8-7-20(31)29-9-10-30(15(2)13-29)17-5-6-19(25)18(24)11-17/h3-6,11-12,15H,7-10,13H2,1-2H3,(H2,27,28,32,33)/t15-,23?/m0/s1. The molecular weight excluding hydrogens is 449 g/mol. The molecule has 1 unspecified atom stereocenters. The number of nitrogens with one attached hydrogen (secondary N) is 2. The molecular formula is C23H25ClFN5O3. The number of pyridine rings is 1. The largest absolute Gasteiger partial charge is 0.365 e. The van der Waals surface area contributed by atoms with E-state index in [1.807, 2.05) is 13.8 Å². The van der Waals surface area contributed by atoms with Gasteiger partial charge in [-0.2, -0.15) is 0 Å². The molecule has 33 heavy (non-hydrogen) atoms. The van der Waals surface area contributed by atoms with E-state index in [9.17, 15) is 18.8 Å². The number of hydrogen-bond acceptors (Lipinski definition) is 5. The van der Waals surface area contributed by atoms with E-state index in [1.54, 1.807) is 35.4 Å². The van der Waals surface area contributed by atoms with Crippen molar-refractivity contribution in [3.63, 3.8) is 0 Å². The van der Waals surface area contributed by atoms with E-state index in [2.05, 4.69) is 20.5 Å². The lowest BCUT2D eigenvalue weighted by molar-refractivity contribution is -0.133. The number of imide groups is 1. The van der Waals surface area contributed by atoms with Gasteiger partial charge in [-0.3, -0.25) is 19.9 Å². The summed E-state index contributed by atoms with van der Waals surface area (Å²) in [5, 5.41) is 5.04. The molecule has 10 heteroatoms. The second-order valence-electron chi connectivity index (χ2n) is 8.48. The first-order valence-electron chi connectivity index (χ1n) is 10.8. The number of rotatable bonds is 5. The summed E-state index contributed by atoms with van der Waals surface area (Å²) in [5.74, 6) is -1.06. The first-order valence-corrected chi connectivity index (χ1v) is 11.1. The third-order valence-electron chi connectivity index (χ3n) is 6.27. The highest BCUT2D eigenvalue weighted by molar-refractivity contribution is 6.31. The fourth-order valence-electron chi connectivity index (χ4n) is 4.42. The Hall–Kier alpha value is -3.20. The van der Waals surface area contributed by atoms with E-state index in [4.69, 9.17) is 11.6 Å². The average Bonchev–Trinajstić information content (AvgIpc) is 3.08. The Morgan fingerprint density at radius 1 is 1.27 bits per heavy atom. The summed E-state index contributed by atoms with van der Waals surface area (Å²) in [7, 11) is 0. The third-order valence-corrected chi connectivity index (χ3v) is 6.56. The minimum Gasteiger partial charge on any atom is -0.365 e. The molecule has 2 saturated heterocycles. The number of benzene rings is 1. The van der Waals surface area contributed by atoms with Crippen molar-refractivity contribution in [2.24, 2.45) is 0 Å². The van der Waals surface area contributed by atoms with Gasteiger partial charge in [0.15, 0.2) is 0 Å². The molecule has 2 aromatic rings. The average molecular weight is 474 g/mol. The van der Waals surface area contributed by atoms with Crippen molar-refractivity contribution >= 4 is 35.1 Å². The molecule has 0 aliphatic carbocycles. The number of amides is 4. The lowest BCUT2D eigenvalue weighted by Crippen LogP contribution is -2.54. The summed E-state index contributed by atoms with van der Waals surface area (Å²) in [6.45, 7) is 5.34. The van der Waals surface area contributed by atoms with Crippen molar-refractivity contribution in [2.45, 2.75) is 38.3 Å². The number of aryl methyl sites for hydroxylation is 1. The SMILES string of the molecule is Cc1ccc(C2(CCC(=O)N3CCN(c4ccc(F)c(Cl)c4)[C@@H](C)C3)NC(=O)NC2=O)cn1. The Labute approximate surface area is 196 Å². The number of hydrogen-bond donors (Lipinski definition) is 2. The van der Waals surface area contributed by atoms with Gasteiger partial charge in [0.05, 0.1) is 5.02 Å². The zero-order valence-corrected chi connectivity index (χ0v) is 19.2. The highest BCUT2D eigenvalue weighted by Crippen LogP contribution is 2.31. The molecule has 2 fully saturated rings. The lowest BCUT2D eigenvalue weighted by Gasteiger charge is -2.41. The highest BCUT2D eigenvalue weighted by atomic mass is 35.5.